The second-order valence-corrected chi connectivity index (χ2v) is 4.35. The molecule has 0 saturated carbocycles. The highest BCUT2D eigenvalue weighted by molar-refractivity contribution is 5.84. The van der Waals surface area contributed by atoms with Crippen molar-refractivity contribution in [1.29, 1.82) is 0 Å². The summed E-state index contributed by atoms with van der Waals surface area (Å²) < 4.78 is 0. The topological polar surface area (TPSA) is 29.1 Å². The zero-order chi connectivity index (χ0) is 8.48. The molecule has 0 amide bonds. The van der Waals surface area contributed by atoms with E-state index in [2.05, 4.69) is 26.1 Å². The molecular formula is C9H17NO. The Kier molecular flexibility index (Phi) is 2.33. The number of ketones is 1. The highest BCUT2D eigenvalue weighted by Gasteiger charge is 2.32. The molecule has 11 heavy (non-hydrogen) atoms. The number of rotatable bonds is 0. The Bertz CT molecular complexity index is 157. The Morgan fingerprint density at radius 2 is 2.09 bits per heavy atom. The zero-order valence-corrected chi connectivity index (χ0v) is 7.61. The molecule has 1 N–H and O–H groups in total. The predicted molar refractivity (Wildman–Crippen MR) is 45.4 cm³/mol. The molecule has 2 heteroatoms. The lowest BCUT2D eigenvalue weighted by Gasteiger charge is -2.32. The number of carbonyl (C=O) groups is 1. The summed E-state index contributed by atoms with van der Waals surface area (Å²) in [5.74, 6) is 0.646. The summed E-state index contributed by atoms with van der Waals surface area (Å²) in [7, 11) is 0. The van der Waals surface area contributed by atoms with Crippen LogP contribution in [0.15, 0.2) is 0 Å². The van der Waals surface area contributed by atoms with Gasteiger partial charge in [0.15, 0.2) is 0 Å². The van der Waals surface area contributed by atoms with Gasteiger partial charge in [-0.2, -0.15) is 0 Å². The first-order valence-corrected chi connectivity index (χ1v) is 4.25. The van der Waals surface area contributed by atoms with Crippen LogP contribution in [0, 0.1) is 11.3 Å². The van der Waals surface area contributed by atoms with Crippen LogP contribution in [0.2, 0.25) is 0 Å². The smallest absolute Gasteiger partial charge is 0.150 e. The van der Waals surface area contributed by atoms with Crippen molar-refractivity contribution >= 4 is 5.78 Å². The molecule has 1 rings (SSSR count). The molecule has 0 spiro atoms. The molecule has 1 atom stereocenters. The van der Waals surface area contributed by atoms with E-state index in [0.717, 1.165) is 13.0 Å². The molecule has 0 radical (unpaired) electrons. The van der Waals surface area contributed by atoms with Crippen molar-refractivity contribution in [3.05, 3.63) is 0 Å². The van der Waals surface area contributed by atoms with Crippen LogP contribution in [-0.4, -0.2) is 18.9 Å². The number of hydrogen-bond donors (Lipinski definition) is 1. The van der Waals surface area contributed by atoms with Gasteiger partial charge in [0.1, 0.15) is 5.78 Å². The normalized spacial score (nSPS) is 27.2. The molecule has 0 aromatic carbocycles. The maximum atomic E-state index is 11.4. The van der Waals surface area contributed by atoms with Gasteiger partial charge in [0.2, 0.25) is 0 Å². The monoisotopic (exact) mass is 155 g/mol. The Morgan fingerprint density at radius 1 is 1.45 bits per heavy atom. The van der Waals surface area contributed by atoms with E-state index in [1.54, 1.807) is 0 Å². The molecule has 1 heterocycles. The lowest BCUT2D eigenvalue weighted by molar-refractivity contribution is -0.126. The third-order valence-electron chi connectivity index (χ3n) is 2.34. The second kappa shape index (κ2) is 2.94. The van der Waals surface area contributed by atoms with Crippen LogP contribution >= 0.6 is 0 Å². The summed E-state index contributed by atoms with van der Waals surface area (Å²) in [5, 5.41) is 3.09. The summed E-state index contributed by atoms with van der Waals surface area (Å²) in [6, 6.07) is 0. The van der Waals surface area contributed by atoms with Crippen molar-refractivity contribution in [3.63, 3.8) is 0 Å². The average Bonchev–Trinajstić information content (AvgIpc) is 1.86. The lowest BCUT2D eigenvalue weighted by Crippen LogP contribution is -2.42. The van der Waals surface area contributed by atoms with Gasteiger partial charge in [0, 0.05) is 5.92 Å². The van der Waals surface area contributed by atoms with Gasteiger partial charge in [-0.1, -0.05) is 20.8 Å². The number of hydrogen-bond acceptors (Lipinski definition) is 2. The maximum absolute atomic E-state index is 11.4. The second-order valence-electron chi connectivity index (χ2n) is 4.35. The predicted octanol–water partition coefficient (Wildman–Crippen LogP) is 1.21. The molecule has 2 nitrogen and oxygen atoms in total. The quantitative estimate of drug-likeness (QED) is 0.569. The molecule has 1 aliphatic heterocycles. The minimum absolute atomic E-state index is 0.152. The van der Waals surface area contributed by atoms with Crippen molar-refractivity contribution in [2.45, 2.75) is 27.2 Å². The summed E-state index contributed by atoms with van der Waals surface area (Å²) >= 11 is 0. The van der Waals surface area contributed by atoms with Gasteiger partial charge in [-0.25, -0.2) is 0 Å². The van der Waals surface area contributed by atoms with Crippen molar-refractivity contribution in [2.24, 2.45) is 11.3 Å². The van der Waals surface area contributed by atoms with E-state index in [4.69, 9.17) is 0 Å². The van der Waals surface area contributed by atoms with E-state index >= 15 is 0 Å². The van der Waals surface area contributed by atoms with Crippen LogP contribution in [0.3, 0.4) is 0 Å². The molecule has 1 saturated heterocycles. The minimum atomic E-state index is 0.152. The van der Waals surface area contributed by atoms with Gasteiger partial charge >= 0.3 is 0 Å². The van der Waals surface area contributed by atoms with Gasteiger partial charge in [0.05, 0.1) is 6.54 Å². The number of carbonyl (C=O) groups excluding carboxylic acids is 1. The number of Topliss-reactive ketones (excluding diaryl/α,β-unsaturated/α-hetero) is 1. The van der Waals surface area contributed by atoms with E-state index in [-0.39, 0.29) is 11.3 Å². The Labute approximate surface area is 68.4 Å². The zero-order valence-electron chi connectivity index (χ0n) is 7.61. The van der Waals surface area contributed by atoms with E-state index < -0.39 is 0 Å². The SMILES string of the molecule is CC(C)(C)C1CCNCC1=O. The van der Waals surface area contributed by atoms with Crippen LogP contribution in [0.25, 0.3) is 0 Å². The average molecular weight is 155 g/mol. The van der Waals surface area contributed by atoms with Crippen molar-refractivity contribution < 1.29 is 4.79 Å². The van der Waals surface area contributed by atoms with Gasteiger partial charge in [-0.3, -0.25) is 4.79 Å². The van der Waals surface area contributed by atoms with E-state index in [1.165, 1.54) is 0 Å². The molecule has 0 aromatic heterocycles. The van der Waals surface area contributed by atoms with Crippen molar-refractivity contribution in [3.8, 4) is 0 Å². The summed E-state index contributed by atoms with van der Waals surface area (Å²) in [5.41, 5.74) is 0.152. The Hall–Kier alpha value is -0.370. The minimum Gasteiger partial charge on any atom is -0.310 e. The van der Waals surface area contributed by atoms with Gasteiger partial charge in [-0.05, 0) is 18.4 Å². The molecule has 1 fully saturated rings. The van der Waals surface area contributed by atoms with Crippen LogP contribution in [0.4, 0.5) is 0 Å². The third-order valence-corrected chi connectivity index (χ3v) is 2.34. The fourth-order valence-corrected chi connectivity index (χ4v) is 1.66. The van der Waals surface area contributed by atoms with E-state index in [0.29, 0.717) is 12.3 Å². The van der Waals surface area contributed by atoms with Gasteiger partial charge < -0.3 is 5.32 Å². The number of nitrogens with one attached hydrogen (secondary N) is 1. The van der Waals surface area contributed by atoms with Crippen LogP contribution in [-0.2, 0) is 4.79 Å². The molecule has 1 aliphatic rings. The van der Waals surface area contributed by atoms with E-state index in [1.807, 2.05) is 0 Å². The highest BCUT2D eigenvalue weighted by Crippen LogP contribution is 2.30. The first-order chi connectivity index (χ1) is 5.02. The lowest BCUT2D eigenvalue weighted by atomic mass is 9.75. The first kappa shape index (κ1) is 8.72. The van der Waals surface area contributed by atoms with Crippen LogP contribution in [0.1, 0.15) is 27.2 Å². The highest BCUT2D eigenvalue weighted by atomic mass is 16.1. The summed E-state index contributed by atoms with van der Waals surface area (Å²) in [6.45, 7) is 7.98. The maximum Gasteiger partial charge on any atom is 0.150 e. The van der Waals surface area contributed by atoms with Crippen LogP contribution < -0.4 is 5.32 Å². The Morgan fingerprint density at radius 3 is 2.45 bits per heavy atom. The molecule has 0 bridgehead atoms. The molecular weight excluding hydrogens is 138 g/mol. The molecule has 64 valence electrons. The standard InChI is InChI=1S/C9H17NO/c1-9(2,3)7-4-5-10-6-8(7)11/h7,10H,4-6H2,1-3H3. The van der Waals surface area contributed by atoms with Gasteiger partial charge in [-0.15, -0.1) is 0 Å². The van der Waals surface area contributed by atoms with Crippen LogP contribution in [0.5, 0.6) is 0 Å². The largest absolute Gasteiger partial charge is 0.310 e. The third kappa shape index (κ3) is 2.03. The molecule has 1 unspecified atom stereocenters. The summed E-state index contributed by atoms with van der Waals surface area (Å²) in [4.78, 5) is 11.4. The Balaban J connectivity index is 2.62. The van der Waals surface area contributed by atoms with Crippen molar-refractivity contribution in [1.82, 2.24) is 5.32 Å². The van der Waals surface area contributed by atoms with Crippen molar-refractivity contribution in [2.75, 3.05) is 13.1 Å². The fourth-order valence-electron chi connectivity index (χ4n) is 1.66. The molecule has 0 aromatic rings. The van der Waals surface area contributed by atoms with E-state index in [9.17, 15) is 4.79 Å². The first-order valence-electron chi connectivity index (χ1n) is 4.25. The van der Waals surface area contributed by atoms with Gasteiger partial charge in [0.25, 0.3) is 0 Å². The summed E-state index contributed by atoms with van der Waals surface area (Å²) in [6.07, 6.45) is 1.00. The fraction of sp³-hybridized carbons (Fsp3) is 0.889. The number of piperidine rings is 1. The molecule has 0 aliphatic carbocycles.